The molecule has 5 heteroatoms. The summed E-state index contributed by atoms with van der Waals surface area (Å²) in [4.78, 5) is 38.0. The molecule has 2 aromatic rings. The molecule has 0 spiro atoms. The lowest BCUT2D eigenvalue weighted by molar-refractivity contribution is 0.0979. The largest absolute Gasteiger partial charge is 0.335 e. The fraction of sp³-hybridized carbons (Fsp3) is 0.286. The number of amides is 2. The van der Waals surface area contributed by atoms with Crippen molar-refractivity contribution in [3.05, 3.63) is 64.7 Å². The molecule has 0 saturated heterocycles. The van der Waals surface area contributed by atoms with Gasteiger partial charge in [-0.25, -0.2) is 4.79 Å². The van der Waals surface area contributed by atoms with Gasteiger partial charge in [-0.3, -0.25) is 9.59 Å². The first-order chi connectivity index (χ1) is 12.6. The highest BCUT2D eigenvalue weighted by molar-refractivity contribution is 6.30. The minimum absolute atomic E-state index is 0.168. The molecule has 0 atom stereocenters. The monoisotopic (exact) mass is 348 g/mol. The zero-order chi connectivity index (χ0) is 18.1. The van der Waals surface area contributed by atoms with Crippen LogP contribution in [0.3, 0.4) is 0 Å². The van der Waals surface area contributed by atoms with E-state index < -0.39 is 0 Å². The zero-order valence-electron chi connectivity index (χ0n) is 14.4. The van der Waals surface area contributed by atoms with Gasteiger partial charge in [0.05, 0.1) is 11.3 Å². The zero-order valence-corrected chi connectivity index (χ0v) is 14.4. The Kier molecular flexibility index (Phi) is 4.29. The van der Waals surface area contributed by atoms with Gasteiger partial charge in [-0.15, -0.1) is 0 Å². The van der Waals surface area contributed by atoms with E-state index in [0.29, 0.717) is 22.4 Å². The Labute approximate surface area is 151 Å². The van der Waals surface area contributed by atoms with Crippen LogP contribution in [0.15, 0.2) is 42.5 Å². The maximum atomic E-state index is 12.9. The lowest BCUT2D eigenvalue weighted by Gasteiger charge is -2.24. The summed E-state index contributed by atoms with van der Waals surface area (Å²) in [7, 11) is 0. The summed E-state index contributed by atoms with van der Waals surface area (Å²) in [5.41, 5.74) is 1.78. The van der Waals surface area contributed by atoms with E-state index in [9.17, 15) is 14.4 Å². The van der Waals surface area contributed by atoms with Gasteiger partial charge in [0.25, 0.3) is 0 Å². The molecule has 1 saturated carbocycles. The highest BCUT2D eigenvalue weighted by Crippen LogP contribution is 2.32. The van der Waals surface area contributed by atoms with Crippen LogP contribution >= 0.6 is 0 Å². The van der Waals surface area contributed by atoms with Crippen LogP contribution in [0.2, 0.25) is 0 Å². The SMILES string of the molecule is O=C(Nc1cccc2c1C(=O)c1ccccc1C2=O)NC1CCCCC1. The van der Waals surface area contributed by atoms with Gasteiger partial charge >= 0.3 is 6.03 Å². The second-order valence-electron chi connectivity index (χ2n) is 6.87. The molecule has 132 valence electrons. The van der Waals surface area contributed by atoms with Crippen LogP contribution in [0.5, 0.6) is 0 Å². The number of ketones is 2. The van der Waals surface area contributed by atoms with Crippen molar-refractivity contribution >= 4 is 23.3 Å². The summed E-state index contributed by atoms with van der Waals surface area (Å²) in [5.74, 6) is -0.421. The quantitative estimate of drug-likeness (QED) is 0.737. The van der Waals surface area contributed by atoms with E-state index in [0.717, 1.165) is 25.7 Å². The molecule has 0 heterocycles. The van der Waals surface area contributed by atoms with Gasteiger partial charge in [0.15, 0.2) is 11.6 Å². The first-order valence-corrected chi connectivity index (χ1v) is 9.04. The molecule has 2 amide bonds. The van der Waals surface area contributed by atoms with Crippen LogP contribution in [0.1, 0.15) is 63.9 Å². The number of nitrogens with one attached hydrogen (secondary N) is 2. The summed E-state index contributed by atoms with van der Waals surface area (Å²) in [6.07, 6.45) is 5.41. The van der Waals surface area contributed by atoms with E-state index in [1.807, 2.05) is 0 Å². The van der Waals surface area contributed by atoms with Crippen molar-refractivity contribution in [2.24, 2.45) is 0 Å². The Morgan fingerprint density at radius 1 is 0.808 bits per heavy atom. The van der Waals surface area contributed by atoms with Crippen LogP contribution in [-0.4, -0.2) is 23.6 Å². The maximum Gasteiger partial charge on any atom is 0.319 e. The van der Waals surface area contributed by atoms with Crippen LogP contribution < -0.4 is 10.6 Å². The molecule has 1 fully saturated rings. The predicted molar refractivity (Wildman–Crippen MR) is 98.8 cm³/mol. The predicted octanol–water partition coefficient (Wildman–Crippen LogP) is 3.92. The average Bonchev–Trinajstić information content (AvgIpc) is 2.67. The first-order valence-electron chi connectivity index (χ1n) is 9.04. The topological polar surface area (TPSA) is 75.3 Å². The summed E-state index contributed by atoms with van der Waals surface area (Å²) in [6, 6.07) is 11.6. The number of rotatable bonds is 2. The fourth-order valence-corrected chi connectivity index (χ4v) is 3.84. The number of hydrogen-bond acceptors (Lipinski definition) is 3. The van der Waals surface area contributed by atoms with E-state index in [1.165, 1.54) is 6.42 Å². The lowest BCUT2D eigenvalue weighted by atomic mass is 9.83. The van der Waals surface area contributed by atoms with Crippen molar-refractivity contribution in [2.45, 2.75) is 38.1 Å². The van der Waals surface area contributed by atoms with Gasteiger partial charge in [0.1, 0.15) is 0 Å². The Hall–Kier alpha value is -2.95. The summed E-state index contributed by atoms with van der Waals surface area (Å²) in [6.45, 7) is 0. The van der Waals surface area contributed by atoms with Gasteiger partial charge < -0.3 is 10.6 Å². The highest BCUT2D eigenvalue weighted by atomic mass is 16.2. The Bertz CT molecular complexity index is 898. The second kappa shape index (κ2) is 6.75. The number of fused-ring (bicyclic) bond motifs is 2. The number of urea groups is 1. The van der Waals surface area contributed by atoms with E-state index in [-0.39, 0.29) is 29.2 Å². The van der Waals surface area contributed by atoms with Crippen molar-refractivity contribution in [1.29, 1.82) is 0 Å². The van der Waals surface area contributed by atoms with Crippen molar-refractivity contribution in [2.75, 3.05) is 5.32 Å². The van der Waals surface area contributed by atoms with Crippen molar-refractivity contribution in [3.63, 3.8) is 0 Å². The number of benzene rings is 2. The third-order valence-corrected chi connectivity index (χ3v) is 5.14. The number of anilines is 1. The molecule has 0 bridgehead atoms. The van der Waals surface area contributed by atoms with Gasteiger partial charge in [-0.2, -0.15) is 0 Å². The smallest absolute Gasteiger partial charge is 0.319 e. The molecule has 0 radical (unpaired) electrons. The fourth-order valence-electron chi connectivity index (χ4n) is 3.84. The highest BCUT2D eigenvalue weighted by Gasteiger charge is 2.31. The van der Waals surface area contributed by atoms with Crippen molar-refractivity contribution in [1.82, 2.24) is 5.32 Å². The summed E-state index contributed by atoms with van der Waals surface area (Å²) in [5, 5.41) is 5.75. The average molecular weight is 348 g/mol. The minimum Gasteiger partial charge on any atom is -0.335 e. The molecule has 5 nitrogen and oxygen atoms in total. The third kappa shape index (κ3) is 2.90. The van der Waals surface area contributed by atoms with Crippen molar-refractivity contribution < 1.29 is 14.4 Å². The Morgan fingerprint density at radius 3 is 2.19 bits per heavy atom. The molecule has 2 aromatic carbocycles. The maximum absolute atomic E-state index is 12.9. The molecular formula is C21H20N2O3. The summed E-state index contributed by atoms with van der Waals surface area (Å²) >= 11 is 0. The number of hydrogen-bond donors (Lipinski definition) is 2. The van der Waals surface area contributed by atoms with E-state index in [2.05, 4.69) is 10.6 Å². The molecule has 2 N–H and O–H groups in total. The molecule has 4 rings (SSSR count). The molecule has 2 aliphatic rings. The molecule has 0 aliphatic heterocycles. The van der Waals surface area contributed by atoms with Crippen molar-refractivity contribution in [3.8, 4) is 0 Å². The lowest BCUT2D eigenvalue weighted by Crippen LogP contribution is -2.39. The Morgan fingerprint density at radius 2 is 1.46 bits per heavy atom. The number of carbonyl (C=O) groups excluding carboxylic acids is 3. The normalized spacial score (nSPS) is 16.6. The van der Waals surface area contributed by atoms with Crippen LogP contribution in [-0.2, 0) is 0 Å². The minimum atomic E-state index is -0.329. The third-order valence-electron chi connectivity index (χ3n) is 5.14. The second-order valence-corrected chi connectivity index (χ2v) is 6.87. The number of carbonyl (C=O) groups is 3. The van der Waals surface area contributed by atoms with Gasteiger partial charge in [0, 0.05) is 22.7 Å². The van der Waals surface area contributed by atoms with Gasteiger partial charge in [0.2, 0.25) is 0 Å². The van der Waals surface area contributed by atoms with Crippen LogP contribution in [0.4, 0.5) is 10.5 Å². The molecular weight excluding hydrogens is 328 g/mol. The first kappa shape index (κ1) is 16.5. The van der Waals surface area contributed by atoms with E-state index in [4.69, 9.17) is 0 Å². The van der Waals surface area contributed by atoms with E-state index in [1.54, 1.807) is 42.5 Å². The van der Waals surface area contributed by atoms with Crippen LogP contribution in [0.25, 0.3) is 0 Å². The molecule has 0 aromatic heterocycles. The molecule has 0 unspecified atom stereocenters. The van der Waals surface area contributed by atoms with E-state index >= 15 is 0 Å². The molecule has 26 heavy (non-hydrogen) atoms. The van der Waals surface area contributed by atoms with Gasteiger partial charge in [-0.05, 0) is 18.9 Å². The molecule has 2 aliphatic carbocycles. The Balaban J connectivity index is 1.62. The standard InChI is InChI=1S/C21H20N2O3/c24-19-14-9-4-5-10-15(14)20(25)18-16(19)11-6-12-17(18)23-21(26)22-13-7-2-1-3-8-13/h4-6,9-13H,1-3,7-8H2,(H2,22,23,26). The van der Waals surface area contributed by atoms with Gasteiger partial charge in [-0.1, -0.05) is 55.7 Å². The van der Waals surface area contributed by atoms with Crippen LogP contribution in [0, 0.1) is 0 Å². The summed E-state index contributed by atoms with van der Waals surface area (Å²) < 4.78 is 0.